The highest BCUT2D eigenvalue weighted by molar-refractivity contribution is 5.88. The fourth-order valence-electron chi connectivity index (χ4n) is 2.87. The fraction of sp³-hybridized carbons (Fsp3) is 0.750. The van der Waals surface area contributed by atoms with E-state index in [1.54, 1.807) is 6.08 Å². The molecule has 1 atom stereocenters. The number of rotatable bonds is 3. The molecule has 0 aromatic carbocycles. The van der Waals surface area contributed by atoms with Crippen LogP contribution in [0.1, 0.15) is 20.8 Å². The van der Waals surface area contributed by atoms with Gasteiger partial charge in [-0.1, -0.05) is 5.57 Å². The summed E-state index contributed by atoms with van der Waals surface area (Å²) in [5, 5.41) is 0. The molecule has 2 heterocycles. The second kappa shape index (κ2) is 7.74. The van der Waals surface area contributed by atoms with Crippen molar-refractivity contribution in [3.8, 4) is 0 Å². The number of piperazine rings is 1. The van der Waals surface area contributed by atoms with Gasteiger partial charge >= 0.3 is 0 Å². The highest BCUT2D eigenvalue weighted by atomic mass is 16.5. The minimum atomic E-state index is -0.126. The molecule has 0 bridgehead atoms. The first-order valence-corrected chi connectivity index (χ1v) is 8.03. The van der Waals surface area contributed by atoms with Gasteiger partial charge in [-0.05, 0) is 20.8 Å². The van der Waals surface area contributed by atoms with Crippen LogP contribution in [0.2, 0.25) is 0 Å². The molecule has 2 saturated heterocycles. The number of hydrogen-bond donors (Lipinski definition) is 0. The van der Waals surface area contributed by atoms with Gasteiger partial charge in [0.15, 0.2) is 0 Å². The Hall–Kier alpha value is -1.40. The lowest BCUT2D eigenvalue weighted by Crippen LogP contribution is -2.56. The molecule has 0 N–H and O–H groups in total. The van der Waals surface area contributed by atoms with Gasteiger partial charge in [-0.3, -0.25) is 14.5 Å². The Bertz CT molecular complexity index is 432. The Balaban J connectivity index is 1.84. The van der Waals surface area contributed by atoms with Crippen molar-refractivity contribution < 1.29 is 14.3 Å². The zero-order chi connectivity index (χ0) is 16.1. The van der Waals surface area contributed by atoms with Crippen LogP contribution < -0.4 is 0 Å². The number of nitrogens with zero attached hydrogens (tertiary/aromatic N) is 3. The summed E-state index contributed by atoms with van der Waals surface area (Å²) in [7, 11) is 0. The Labute approximate surface area is 132 Å². The first kappa shape index (κ1) is 17.0. The lowest BCUT2D eigenvalue weighted by Gasteiger charge is -2.39. The van der Waals surface area contributed by atoms with E-state index in [2.05, 4.69) is 4.90 Å². The van der Waals surface area contributed by atoms with Gasteiger partial charge in [-0.25, -0.2) is 0 Å². The third-order valence-electron chi connectivity index (χ3n) is 4.27. The maximum Gasteiger partial charge on any atom is 0.246 e. The quantitative estimate of drug-likeness (QED) is 0.706. The van der Waals surface area contributed by atoms with Gasteiger partial charge in [-0.2, -0.15) is 0 Å². The molecule has 2 amide bonds. The Morgan fingerprint density at radius 3 is 2.09 bits per heavy atom. The van der Waals surface area contributed by atoms with Crippen molar-refractivity contribution in [2.75, 3.05) is 52.5 Å². The van der Waals surface area contributed by atoms with E-state index in [-0.39, 0.29) is 17.9 Å². The molecular formula is C16H27N3O3. The van der Waals surface area contributed by atoms with Crippen molar-refractivity contribution in [2.24, 2.45) is 0 Å². The summed E-state index contributed by atoms with van der Waals surface area (Å²) in [4.78, 5) is 30.4. The minimum Gasteiger partial charge on any atom is -0.378 e. The topological polar surface area (TPSA) is 53.1 Å². The number of carbonyl (C=O) groups is 2. The number of amides is 2. The van der Waals surface area contributed by atoms with E-state index in [1.165, 1.54) is 0 Å². The second-order valence-corrected chi connectivity index (χ2v) is 6.20. The van der Waals surface area contributed by atoms with Crippen LogP contribution in [0.25, 0.3) is 0 Å². The lowest BCUT2D eigenvalue weighted by atomic mass is 10.2. The van der Waals surface area contributed by atoms with Crippen LogP contribution in [0.3, 0.4) is 0 Å². The summed E-state index contributed by atoms with van der Waals surface area (Å²) < 4.78 is 5.29. The SMILES string of the molecule is CC(C)=CC(=O)N1CCN([C@@H](C)C(=O)N2CCOCC2)CC1. The molecule has 6 nitrogen and oxygen atoms in total. The molecule has 0 unspecified atom stereocenters. The highest BCUT2D eigenvalue weighted by Crippen LogP contribution is 2.11. The van der Waals surface area contributed by atoms with E-state index < -0.39 is 0 Å². The van der Waals surface area contributed by atoms with Crippen LogP contribution in [-0.2, 0) is 14.3 Å². The standard InChI is InChI=1S/C16H27N3O3/c1-13(2)12-15(20)18-6-4-17(5-7-18)14(3)16(21)19-8-10-22-11-9-19/h12,14H,4-11H2,1-3H3/t14-/m0/s1. The van der Waals surface area contributed by atoms with Gasteiger partial charge in [0.1, 0.15) is 0 Å². The largest absolute Gasteiger partial charge is 0.378 e. The molecule has 0 radical (unpaired) electrons. The van der Waals surface area contributed by atoms with E-state index >= 15 is 0 Å². The molecule has 2 aliphatic heterocycles. The van der Waals surface area contributed by atoms with Gasteiger partial charge in [0, 0.05) is 45.3 Å². The molecule has 0 aromatic heterocycles. The van der Waals surface area contributed by atoms with Gasteiger partial charge in [0.25, 0.3) is 0 Å². The van der Waals surface area contributed by atoms with Crippen molar-refractivity contribution in [2.45, 2.75) is 26.8 Å². The first-order valence-electron chi connectivity index (χ1n) is 8.03. The smallest absolute Gasteiger partial charge is 0.246 e. The predicted octanol–water partition coefficient (Wildman–Crippen LogP) is 0.344. The second-order valence-electron chi connectivity index (χ2n) is 6.20. The van der Waals surface area contributed by atoms with E-state index in [1.807, 2.05) is 30.6 Å². The third kappa shape index (κ3) is 4.30. The molecule has 6 heteroatoms. The number of allylic oxidation sites excluding steroid dienone is 1. The van der Waals surface area contributed by atoms with E-state index in [0.717, 1.165) is 18.7 Å². The summed E-state index contributed by atoms with van der Waals surface area (Å²) >= 11 is 0. The lowest BCUT2D eigenvalue weighted by molar-refractivity contribution is -0.141. The molecule has 0 saturated carbocycles. The van der Waals surface area contributed by atoms with Crippen molar-refractivity contribution >= 4 is 11.8 Å². The Morgan fingerprint density at radius 2 is 1.55 bits per heavy atom. The van der Waals surface area contributed by atoms with Crippen LogP contribution in [0.15, 0.2) is 11.6 Å². The summed E-state index contributed by atoms with van der Waals surface area (Å²) in [6.45, 7) is 11.3. The summed E-state index contributed by atoms with van der Waals surface area (Å²) in [6, 6.07) is -0.126. The molecule has 0 spiro atoms. The zero-order valence-corrected chi connectivity index (χ0v) is 13.9. The van der Waals surface area contributed by atoms with E-state index in [4.69, 9.17) is 4.74 Å². The van der Waals surface area contributed by atoms with Crippen LogP contribution in [0.4, 0.5) is 0 Å². The van der Waals surface area contributed by atoms with Crippen molar-refractivity contribution in [3.05, 3.63) is 11.6 Å². The van der Waals surface area contributed by atoms with Crippen LogP contribution in [-0.4, -0.2) is 85.0 Å². The molecule has 2 fully saturated rings. The first-order chi connectivity index (χ1) is 10.5. The number of ether oxygens (including phenoxy) is 1. The highest BCUT2D eigenvalue weighted by Gasteiger charge is 2.30. The molecule has 124 valence electrons. The van der Waals surface area contributed by atoms with Gasteiger partial charge in [0.05, 0.1) is 19.3 Å². The van der Waals surface area contributed by atoms with E-state index in [0.29, 0.717) is 39.4 Å². The van der Waals surface area contributed by atoms with E-state index in [9.17, 15) is 9.59 Å². The average Bonchev–Trinajstić information content (AvgIpc) is 2.54. The summed E-state index contributed by atoms with van der Waals surface area (Å²) in [6.07, 6.45) is 1.68. The predicted molar refractivity (Wildman–Crippen MR) is 84.4 cm³/mol. The van der Waals surface area contributed by atoms with Crippen LogP contribution in [0, 0.1) is 0 Å². The van der Waals surface area contributed by atoms with Crippen LogP contribution in [0.5, 0.6) is 0 Å². The number of morpholine rings is 1. The van der Waals surface area contributed by atoms with Crippen molar-refractivity contribution in [3.63, 3.8) is 0 Å². The molecule has 0 aromatic rings. The van der Waals surface area contributed by atoms with Gasteiger partial charge in [-0.15, -0.1) is 0 Å². The average molecular weight is 309 g/mol. The summed E-state index contributed by atoms with van der Waals surface area (Å²) in [5.74, 6) is 0.249. The Morgan fingerprint density at radius 1 is 0.955 bits per heavy atom. The zero-order valence-electron chi connectivity index (χ0n) is 13.9. The molecular weight excluding hydrogens is 282 g/mol. The molecule has 22 heavy (non-hydrogen) atoms. The summed E-state index contributed by atoms with van der Waals surface area (Å²) in [5.41, 5.74) is 1.02. The van der Waals surface area contributed by atoms with Crippen molar-refractivity contribution in [1.82, 2.24) is 14.7 Å². The monoisotopic (exact) mass is 309 g/mol. The number of hydrogen-bond acceptors (Lipinski definition) is 4. The molecule has 2 rings (SSSR count). The Kier molecular flexibility index (Phi) is 5.97. The normalized spacial score (nSPS) is 21.4. The minimum absolute atomic E-state index is 0.0757. The number of carbonyl (C=O) groups excluding carboxylic acids is 2. The molecule has 0 aliphatic carbocycles. The maximum atomic E-state index is 12.5. The maximum absolute atomic E-state index is 12.5. The fourth-order valence-corrected chi connectivity index (χ4v) is 2.87. The molecule has 2 aliphatic rings. The third-order valence-corrected chi connectivity index (χ3v) is 4.27. The van der Waals surface area contributed by atoms with Crippen molar-refractivity contribution in [1.29, 1.82) is 0 Å². The van der Waals surface area contributed by atoms with Gasteiger partial charge in [0.2, 0.25) is 11.8 Å². The van der Waals surface area contributed by atoms with Gasteiger partial charge < -0.3 is 14.5 Å². The van der Waals surface area contributed by atoms with Crippen LogP contribution >= 0.6 is 0 Å².